The number of carbonyl (C=O) groups is 1. The van der Waals surface area contributed by atoms with Crippen LogP contribution in [0.15, 0.2) is 59.5 Å². The zero-order chi connectivity index (χ0) is 13.2. The minimum absolute atomic E-state index is 0.206. The van der Waals surface area contributed by atoms with Crippen LogP contribution < -0.4 is 10.2 Å². The quantitative estimate of drug-likeness (QED) is 0.670. The Kier molecular flexibility index (Phi) is 3.18. The fraction of sp³-hybridized carbons (Fsp3) is 0.0769. The van der Waals surface area contributed by atoms with Crippen LogP contribution in [0.4, 0.5) is 5.69 Å². The molecule has 1 amide bonds. The number of benzene rings is 1. The summed E-state index contributed by atoms with van der Waals surface area (Å²) in [5.74, 6) is 0.566. The minimum atomic E-state index is -0.206. The molecule has 0 saturated carbocycles. The van der Waals surface area contributed by atoms with Crippen LogP contribution in [0.2, 0.25) is 0 Å². The Morgan fingerprint density at radius 2 is 2.16 bits per heavy atom. The van der Waals surface area contributed by atoms with E-state index in [1.165, 1.54) is 0 Å². The summed E-state index contributed by atoms with van der Waals surface area (Å²) in [6.45, 7) is 0.622. The number of amides is 1. The lowest BCUT2D eigenvalue weighted by Crippen LogP contribution is -2.37. The van der Waals surface area contributed by atoms with Gasteiger partial charge in [-0.1, -0.05) is 23.1 Å². The molecular formula is C13H11BrN4O+. The zero-order valence-corrected chi connectivity index (χ0v) is 11.5. The lowest BCUT2D eigenvalue weighted by Gasteiger charge is -2.13. The third-order valence-corrected chi connectivity index (χ3v) is 3.21. The van der Waals surface area contributed by atoms with Crippen molar-refractivity contribution >= 4 is 33.6 Å². The first-order valence-corrected chi connectivity index (χ1v) is 6.47. The topological polar surface area (TPSA) is 50.6 Å². The van der Waals surface area contributed by atoms with Crippen molar-refractivity contribution in [3.63, 3.8) is 0 Å². The van der Waals surface area contributed by atoms with Crippen molar-refractivity contribution in [1.82, 2.24) is 8.83 Å². The predicted octanol–water partition coefficient (Wildman–Crippen LogP) is 2.12. The number of anilines is 1. The number of hydrogen-bond donors (Lipinski definition) is 1. The monoisotopic (exact) mass is 318 g/mol. The molecular weight excluding hydrogens is 308 g/mol. The molecule has 1 radical (unpaired) electrons. The van der Waals surface area contributed by atoms with E-state index in [1.807, 2.05) is 51.4 Å². The van der Waals surface area contributed by atoms with Gasteiger partial charge in [0.25, 0.3) is 11.7 Å². The van der Waals surface area contributed by atoms with E-state index in [4.69, 9.17) is 0 Å². The summed E-state index contributed by atoms with van der Waals surface area (Å²) < 4.78 is 1.83. The fourth-order valence-corrected chi connectivity index (χ4v) is 2.20. The van der Waals surface area contributed by atoms with E-state index in [2.05, 4.69) is 26.5 Å². The van der Waals surface area contributed by atoms with Crippen LogP contribution in [-0.2, 0) is 4.79 Å². The molecule has 6 heteroatoms. The number of hydrogen-bond acceptors (Lipinski definition) is 4. The van der Waals surface area contributed by atoms with Gasteiger partial charge in [-0.05, 0) is 12.1 Å². The van der Waals surface area contributed by atoms with Crippen LogP contribution in [0, 0.1) is 0 Å². The minimum Gasteiger partial charge on any atom is -0.320 e. The normalized spacial score (nSPS) is 17.8. The lowest BCUT2D eigenvalue weighted by atomic mass is 10.3. The van der Waals surface area contributed by atoms with Crippen molar-refractivity contribution in [2.45, 2.75) is 0 Å². The number of rotatable bonds is 2. The van der Waals surface area contributed by atoms with Gasteiger partial charge in [0.15, 0.2) is 11.9 Å². The van der Waals surface area contributed by atoms with Gasteiger partial charge in [0.05, 0.1) is 16.1 Å². The molecule has 2 heterocycles. The van der Waals surface area contributed by atoms with E-state index in [1.54, 1.807) is 6.20 Å². The number of amidine groups is 1. The molecule has 1 aromatic rings. The van der Waals surface area contributed by atoms with E-state index in [0.717, 1.165) is 11.5 Å². The van der Waals surface area contributed by atoms with E-state index < -0.39 is 0 Å². The fourth-order valence-electron chi connectivity index (χ4n) is 1.84. The highest BCUT2D eigenvalue weighted by atomic mass is 79.9. The number of nitrogens with one attached hydrogen (secondary N) is 1. The van der Waals surface area contributed by atoms with Gasteiger partial charge in [0.2, 0.25) is 6.67 Å². The Labute approximate surface area is 119 Å². The first kappa shape index (κ1) is 12.1. The van der Waals surface area contributed by atoms with Crippen LogP contribution in [-0.4, -0.2) is 22.3 Å². The average molecular weight is 319 g/mol. The number of fused-ring (bicyclic) bond motifs is 1. The van der Waals surface area contributed by atoms with Crippen LogP contribution in [0.1, 0.15) is 0 Å². The molecule has 95 valence electrons. The van der Waals surface area contributed by atoms with E-state index >= 15 is 0 Å². The third kappa shape index (κ3) is 2.59. The van der Waals surface area contributed by atoms with Gasteiger partial charge in [-0.15, -0.1) is 0 Å². The third-order valence-electron chi connectivity index (χ3n) is 2.74. The molecule has 0 spiro atoms. The van der Waals surface area contributed by atoms with E-state index in [-0.39, 0.29) is 5.91 Å². The Balaban J connectivity index is 1.74. The molecule has 5 nitrogen and oxygen atoms in total. The summed E-state index contributed by atoms with van der Waals surface area (Å²) in [6.07, 6.45) is 5.45. The maximum absolute atomic E-state index is 12.1. The van der Waals surface area contributed by atoms with Crippen molar-refractivity contribution < 1.29 is 4.79 Å². The smallest absolute Gasteiger partial charge is 0.285 e. The molecule has 1 aromatic carbocycles. The predicted molar refractivity (Wildman–Crippen MR) is 77.5 cm³/mol. The summed E-state index contributed by atoms with van der Waals surface area (Å²) in [5.41, 5.74) is 1.17. The second-order valence-electron chi connectivity index (χ2n) is 4.13. The Morgan fingerprint density at radius 3 is 2.95 bits per heavy atom. The maximum atomic E-state index is 12.1. The standard InChI is InChI=1S/C13H11BrN4O/c14-18-7-6-12-16-11(8-17(12)9-18)13(19)15-10-4-2-1-3-5-10/h1-8H,9H2,(H,15,19)/q+1. The largest absolute Gasteiger partial charge is 0.320 e. The summed E-state index contributed by atoms with van der Waals surface area (Å²) in [5, 5.41) is 2.81. The van der Waals surface area contributed by atoms with Crippen molar-refractivity contribution in [2.75, 3.05) is 12.0 Å². The highest BCUT2D eigenvalue weighted by Gasteiger charge is 2.34. The van der Waals surface area contributed by atoms with E-state index in [0.29, 0.717) is 12.4 Å². The lowest BCUT2D eigenvalue weighted by molar-refractivity contribution is -0.112. The second-order valence-corrected chi connectivity index (χ2v) is 5.04. The molecule has 2 aliphatic rings. The molecule has 3 rings (SSSR count). The van der Waals surface area contributed by atoms with Crippen molar-refractivity contribution in [3.05, 3.63) is 54.5 Å². The van der Waals surface area contributed by atoms with E-state index in [9.17, 15) is 4.79 Å². The van der Waals surface area contributed by atoms with Gasteiger partial charge in [-0.25, -0.2) is 0 Å². The van der Waals surface area contributed by atoms with Gasteiger partial charge >= 0.3 is 0 Å². The van der Waals surface area contributed by atoms with Crippen molar-refractivity contribution in [1.29, 1.82) is 0 Å². The Hall–Kier alpha value is -1.92. The molecule has 19 heavy (non-hydrogen) atoms. The van der Waals surface area contributed by atoms with Gasteiger partial charge in [0.1, 0.15) is 0 Å². The molecule has 0 fully saturated rings. The highest BCUT2D eigenvalue weighted by Crippen LogP contribution is 2.18. The highest BCUT2D eigenvalue weighted by molar-refractivity contribution is 9.07. The van der Waals surface area contributed by atoms with Crippen LogP contribution >= 0.6 is 16.1 Å². The second kappa shape index (κ2) is 4.99. The average Bonchev–Trinajstić information content (AvgIpc) is 2.83. The first-order chi connectivity index (χ1) is 9.22. The van der Waals surface area contributed by atoms with Crippen molar-refractivity contribution in [3.8, 4) is 0 Å². The molecule has 0 atom stereocenters. The molecule has 0 bridgehead atoms. The number of halogens is 1. The van der Waals surface area contributed by atoms with Gasteiger partial charge < -0.3 is 5.32 Å². The van der Waals surface area contributed by atoms with Crippen LogP contribution in [0.5, 0.6) is 0 Å². The van der Waals surface area contributed by atoms with Gasteiger partial charge in [-0.2, -0.15) is 4.99 Å². The molecule has 1 N–H and O–H groups in total. The number of nitrogens with zero attached hydrogens (tertiary/aromatic N) is 3. The molecule has 0 aromatic heterocycles. The summed E-state index contributed by atoms with van der Waals surface area (Å²) in [4.78, 5) is 18.3. The molecule has 0 saturated heterocycles. The number of carbonyl (C=O) groups excluding carboxylic acids is 1. The van der Waals surface area contributed by atoms with Gasteiger partial charge in [0, 0.05) is 18.0 Å². The summed E-state index contributed by atoms with van der Waals surface area (Å²) in [6, 6.07) is 9.33. The SMILES string of the molecule is O=C(Nc1ccccc1)C1=C[N+]2CN(Br)C=CC2=N1. The zero-order valence-electron chi connectivity index (χ0n) is 9.95. The molecule has 0 aliphatic carbocycles. The van der Waals surface area contributed by atoms with Gasteiger partial charge in [-0.3, -0.25) is 8.72 Å². The number of aliphatic imine (C=N–C) groups is 1. The Bertz CT molecular complexity index is 594. The number of para-hydroxylation sites is 1. The molecule has 2 aliphatic heterocycles. The van der Waals surface area contributed by atoms with Crippen LogP contribution in [0.3, 0.4) is 0 Å². The summed E-state index contributed by atoms with van der Waals surface area (Å²) in [7, 11) is 0. The maximum Gasteiger partial charge on any atom is 0.285 e. The van der Waals surface area contributed by atoms with Crippen molar-refractivity contribution in [2.24, 2.45) is 4.99 Å². The first-order valence-electron chi connectivity index (χ1n) is 5.76. The summed E-state index contributed by atoms with van der Waals surface area (Å²) >= 11 is 3.36. The Morgan fingerprint density at radius 1 is 1.37 bits per heavy atom. The van der Waals surface area contributed by atoms with Crippen LogP contribution in [0.25, 0.3) is 0 Å². The molecule has 0 unspecified atom stereocenters.